The third-order valence-corrected chi connectivity index (χ3v) is 7.87. The van der Waals surface area contributed by atoms with Crippen molar-refractivity contribution in [1.82, 2.24) is 15.0 Å². The Bertz CT molecular complexity index is 1690. The van der Waals surface area contributed by atoms with Crippen molar-refractivity contribution in [3.63, 3.8) is 0 Å². The van der Waals surface area contributed by atoms with Gasteiger partial charge >= 0.3 is 15.1 Å². The van der Waals surface area contributed by atoms with Gasteiger partial charge in [0.15, 0.2) is 0 Å². The molecular weight excluding hydrogens is 505 g/mol. The predicted molar refractivity (Wildman–Crippen MR) is 153 cm³/mol. The van der Waals surface area contributed by atoms with Gasteiger partial charge in [-0.15, -0.1) is 0 Å². The van der Waals surface area contributed by atoms with Crippen molar-refractivity contribution in [1.29, 1.82) is 0 Å². The smallest absolute Gasteiger partial charge is 0.576 e. The number of aliphatic hydroxyl groups excluding tert-OH is 1. The van der Waals surface area contributed by atoms with Gasteiger partial charge in [-0.3, -0.25) is 15.0 Å². The summed E-state index contributed by atoms with van der Waals surface area (Å²) in [6.07, 6.45) is 6.86. The summed E-state index contributed by atoms with van der Waals surface area (Å²) in [5, 5.41) is 12.8. The summed E-state index contributed by atoms with van der Waals surface area (Å²) < 4.78 is 19.8. The van der Waals surface area contributed by atoms with Crippen LogP contribution in [0.5, 0.6) is 17.2 Å². The van der Waals surface area contributed by atoms with E-state index in [9.17, 15) is 5.11 Å². The third-order valence-electron chi connectivity index (χ3n) is 6.55. The number of hydrogen-bond donors (Lipinski definition) is 1. The third kappa shape index (κ3) is 5.10. The van der Waals surface area contributed by atoms with Gasteiger partial charge in [-0.25, -0.2) is 0 Å². The Labute approximate surface area is 231 Å². The van der Waals surface area contributed by atoms with Gasteiger partial charge in [0.2, 0.25) is 0 Å². The Morgan fingerprint density at radius 1 is 0.667 bits per heavy atom. The number of fused-ring (bicyclic) bond motifs is 3. The van der Waals surface area contributed by atoms with Crippen LogP contribution in [-0.4, -0.2) is 35.2 Å². The fraction of sp³-hybridized carbons (Fsp3) is 0.129. The summed E-state index contributed by atoms with van der Waals surface area (Å²) in [4.78, 5) is 13.8. The predicted octanol–water partition coefficient (Wildman–Crippen LogP) is 6.30. The van der Waals surface area contributed by atoms with Gasteiger partial charge < -0.3 is 16.5 Å². The molecule has 0 saturated heterocycles. The minimum atomic E-state index is -3.00. The molecule has 8 heteroatoms. The molecule has 3 heterocycles. The lowest BCUT2D eigenvalue weighted by Crippen LogP contribution is -2.37. The second kappa shape index (κ2) is 11.3. The first-order valence-corrected chi connectivity index (χ1v) is 14.3. The highest BCUT2D eigenvalue weighted by Crippen LogP contribution is 2.34. The highest BCUT2D eigenvalue weighted by molar-refractivity contribution is 6.40. The van der Waals surface area contributed by atoms with Crippen molar-refractivity contribution in [3.05, 3.63) is 109 Å². The first-order chi connectivity index (χ1) is 19.2. The van der Waals surface area contributed by atoms with Crippen LogP contribution < -0.4 is 11.4 Å². The monoisotopic (exact) mass is 531 g/mol. The summed E-state index contributed by atoms with van der Waals surface area (Å²) in [5.74, 6) is 1.78. The molecule has 6 aromatic rings. The summed E-state index contributed by atoms with van der Waals surface area (Å²) in [7, 11) is 0. The molecule has 0 fully saturated rings. The number of hydrogen-bond acceptors (Lipinski definition) is 7. The standard InChI is InChI=1S/C13H15NO2.2C9H7NO.Al/c1-2-4-9-7-10(8-15)11-5-3-6-14-12(11)13(9)16;2*11-8-5-1-3-7-4-2-6-10-9(7)8;/h3,5-7,15-16H,2,4,8H2,1H3;2*1-6,11H;/q;;;+3/p-3. The molecular formula is C31H26AlN3O4. The van der Waals surface area contributed by atoms with Crippen LogP contribution in [-0.2, 0) is 13.0 Å². The molecule has 0 aliphatic carbocycles. The first kappa shape index (κ1) is 25.1. The Kier molecular flexibility index (Phi) is 7.24. The second-order valence-corrected chi connectivity index (χ2v) is 10.4. The molecule has 0 bridgehead atoms. The first-order valence-electron chi connectivity index (χ1n) is 12.9. The zero-order valence-corrected chi connectivity index (χ0v) is 22.6. The molecule has 3 aromatic carbocycles. The van der Waals surface area contributed by atoms with Gasteiger partial charge in [0.1, 0.15) is 33.8 Å². The molecule has 0 saturated carbocycles. The van der Waals surface area contributed by atoms with Gasteiger partial charge in [-0.2, -0.15) is 0 Å². The van der Waals surface area contributed by atoms with Crippen LogP contribution in [0, 0.1) is 0 Å². The van der Waals surface area contributed by atoms with Crippen molar-refractivity contribution in [3.8, 4) is 17.2 Å². The van der Waals surface area contributed by atoms with Crippen LogP contribution in [0.15, 0.2) is 97.5 Å². The Morgan fingerprint density at radius 2 is 1.23 bits per heavy atom. The van der Waals surface area contributed by atoms with Crippen molar-refractivity contribution in [2.24, 2.45) is 0 Å². The highest BCUT2D eigenvalue weighted by atomic mass is 27.3. The Hall–Kier alpha value is -4.22. The minimum Gasteiger partial charge on any atom is -0.576 e. The van der Waals surface area contributed by atoms with Crippen LogP contribution in [0.2, 0.25) is 0 Å². The summed E-state index contributed by atoms with van der Waals surface area (Å²) in [5.41, 5.74) is 3.89. The zero-order valence-electron chi connectivity index (χ0n) is 21.4. The minimum absolute atomic E-state index is 0.0869. The number of aliphatic hydroxyl groups is 1. The molecule has 0 atom stereocenters. The van der Waals surface area contributed by atoms with E-state index in [0.29, 0.717) is 22.8 Å². The quantitative estimate of drug-likeness (QED) is 0.219. The van der Waals surface area contributed by atoms with Gasteiger partial charge in [-0.1, -0.05) is 55.8 Å². The van der Waals surface area contributed by atoms with E-state index < -0.39 is 15.1 Å². The molecule has 0 radical (unpaired) electrons. The fourth-order valence-corrected chi connectivity index (χ4v) is 6.18. The summed E-state index contributed by atoms with van der Waals surface area (Å²) in [6, 6.07) is 25.2. The van der Waals surface area contributed by atoms with Gasteiger partial charge in [-0.05, 0) is 53.9 Å². The van der Waals surface area contributed by atoms with E-state index in [1.54, 1.807) is 18.6 Å². The largest absolute Gasteiger partial charge is 1.20 e. The Balaban J connectivity index is 1.48. The topological polar surface area (TPSA) is 86.6 Å². The van der Waals surface area contributed by atoms with Crippen molar-refractivity contribution < 1.29 is 16.5 Å². The number of aryl methyl sites for hydroxylation is 1. The van der Waals surface area contributed by atoms with E-state index in [2.05, 4.69) is 21.9 Å². The molecule has 0 aliphatic rings. The second-order valence-electron chi connectivity index (χ2n) is 9.14. The summed E-state index contributed by atoms with van der Waals surface area (Å²) >= 11 is -3.00. The van der Waals surface area contributed by atoms with Crippen LogP contribution in [0.3, 0.4) is 0 Å². The van der Waals surface area contributed by atoms with Crippen LogP contribution in [0.4, 0.5) is 0 Å². The molecule has 7 nitrogen and oxygen atoms in total. The van der Waals surface area contributed by atoms with Gasteiger partial charge in [0, 0.05) is 34.7 Å². The van der Waals surface area contributed by atoms with Gasteiger partial charge in [0.05, 0.1) is 6.61 Å². The van der Waals surface area contributed by atoms with Crippen LogP contribution in [0.1, 0.15) is 24.5 Å². The molecule has 0 aliphatic heterocycles. The molecule has 6 rings (SSSR count). The van der Waals surface area contributed by atoms with Crippen molar-refractivity contribution >= 4 is 47.9 Å². The molecule has 0 amide bonds. The van der Waals surface area contributed by atoms with Crippen LogP contribution >= 0.6 is 0 Å². The SMILES string of the molecule is CCCc1cc(CO)c2cccnc2c1[O][Al]([O]c1cccc2cccnc12)[O]c1cccc2cccnc12. The highest BCUT2D eigenvalue weighted by Gasteiger charge is 2.46. The number of pyridine rings is 3. The molecule has 0 unspecified atom stereocenters. The van der Waals surface area contributed by atoms with E-state index in [-0.39, 0.29) is 6.61 Å². The lowest BCUT2D eigenvalue weighted by Gasteiger charge is -2.21. The number of para-hydroxylation sites is 2. The van der Waals surface area contributed by atoms with Gasteiger partial charge in [0.25, 0.3) is 0 Å². The molecule has 0 spiro atoms. The molecule has 1 N–H and O–H groups in total. The number of nitrogens with zero attached hydrogens (tertiary/aromatic N) is 3. The van der Waals surface area contributed by atoms with E-state index in [0.717, 1.165) is 51.2 Å². The number of rotatable bonds is 9. The number of aromatic nitrogens is 3. The molecule has 192 valence electrons. The maximum absolute atomic E-state index is 10.1. The summed E-state index contributed by atoms with van der Waals surface area (Å²) in [6.45, 7) is 2.02. The maximum Gasteiger partial charge on any atom is 1.20 e. The molecule has 39 heavy (non-hydrogen) atoms. The average Bonchev–Trinajstić information content (AvgIpc) is 2.98. The Morgan fingerprint density at radius 3 is 1.82 bits per heavy atom. The van der Waals surface area contributed by atoms with E-state index in [4.69, 9.17) is 11.4 Å². The van der Waals surface area contributed by atoms with E-state index in [1.165, 1.54) is 0 Å². The average molecular weight is 532 g/mol. The lowest BCUT2D eigenvalue weighted by molar-refractivity contribution is 0.283. The van der Waals surface area contributed by atoms with E-state index in [1.807, 2.05) is 78.9 Å². The normalized spacial score (nSPS) is 11.1. The van der Waals surface area contributed by atoms with Crippen LogP contribution in [0.25, 0.3) is 32.7 Å². The zero-order chi connectivity index (χ0) is 26.6. The maximum atomic E-state index is 10.1. The molecule has 3 aromatic heterocycles. The number of benzene rings is 3. The fourth-order valence-electron chi connectivity index (χ4n) is 4.79. The lowest BCUT2D eigenvalue weighted by atomic mass is 10.0. The van der Waals surface area contributed by atoms with E-state index >= 15 is 0 Å². The van der Waals surface area contributed by atoms with Crippen molar-refractivity contribution in [2.45, 2.75) is 26.4 Å². The van der Waals surface area contributed by atoms with Crippen molar-refractivity contribution in [2.75, 3.05) is 0 Å².